The topological polar surface area (TPSA) is 103 Å². The summed E-state index contributed by atoms with van der Waals surface area (Å²) in [5, 5.41) is 9.29. The number of para-hydroxylation sites is 1. The van der Waals surface area contributed by atoms with Crippen LogP contribution in [0.25, 0.3) is 0 Å². The third-order valence-corrected chi connectivity index (χ3v) is 10.5. The molecule has 0 fully saturated rings. The zero-order chi connectivity index (χ0) is 29.6. The number of carbonyl (C=O) groups is 1. The van der Waals surface area contributed by atoms with Gasteiger partial charge in [0, 0.05) is 24.8 Å². The normalized spacial score (nSPS) is 19.2. The Kier molecular flexibility index (Phi) is 10.1. The van der Waals surface area contributed by atoms with Crippen LogP contribution in [0.4, 0.5) is 11.4 Å². The number of aliphatic carboxylic acids is 1. The lowest BCUT2D eigenvalue weighted by atomic mass is 9.88. The van der Waals surface area contributed by atoms with Gasteiger partial charge in [0.15, 0.2) is 6.61 Å². The fourth-order valence-electron chi connectivity index (χ4n) is 5.39. The molecule has 8 nitrogen and oxygen atoms in total. The summed E-state index contributed by atoms with van der Waals surface area (Å²) < 4.78 is 37.6. The van der Waals surface area contributed by atoms with E-state index in [1.54, 1.807) is 13.2 Å². The second-order valence-corrected chi connectivity index (χ2v) is 12.9. The van der Waals surface area contributed by atoms with Crippen molar-refractivity contribution in [2.45, 2.75) is 61.4 Å². The van der Waals surface area contributed by atoms with Crippen LogP contribution in [-0.2, 0) is 11.3 Å². The average molecular weight is 601 g/mol. The first kappa shape index (κ1) is 31.1. The van der Waals surface area contributed by atoms with E-state index in [2.05, 4.69) is 18.7 Å². The second kappa shape index (κ2) is 13.4. The highest BCUT2D eigenvalue weighted by Crippen LogP contribution is 2.64. The molecular weight excluding hydrogens is 560 g/mol. The SMILES string of the molecule is CCCC[C@@]1(CC)CN(c2ccccc2)c2cc(SC)c(OCC(=O)O)cc2S(O)(O)N1Cc1ccc(OC)cc1. The lowest BCUT2D eigenvalue weighted by Gasteiger charge is -2.52. The van der Waals surface area contributed by atoms with Gasteiger partial charge in [-0.1, -0.05) is 57.0 Å². The first-order valence-electron chi connectivity index (χ1n) is 13.8. The van der Waals surface area contributed by atoms with E-state index < -0.39 is 28.9 Å². The van der Waals surface area contributed by atoms with Gasteiger partial charge < -0.3 is 19.5 Å². The number of unbranched alkanes of at least 4 members (excludes halogenated alkanes) is 1. The number of carboxylic acids is 1. The standard InChI is InChI=1S/C31H40N2O6S2/c1-5-7-17-31(6-2)22-32(24-11-9-8-10-12-24)26-18-28(40-4)27(39-21-30(34)35)19-29(26)41(36,37)33(31)20-23-13-15-25(38-3)16-14-23/h8-16,18-19,36-37H,5-7,17,20-22H2,1-4H3,(H,34,35)/t31-/m0/s1. The Morgan fingerprint density at radius 3 is 2.37 bits per heavy atom. The molecule has 4 rings (SSSR count). The molecule has 0 saturated carbocycles. The largest absolute Gasteiger partial charge is 0.497 e. The molecule has 1 aliphatic rings. The van der Waals surface area contributed by atoms with Crippen LogP contribution < -0.4 is 14.4 Å². The van der Waals surface area contributed by atoms with Crippen molar-refractivity contribution in [2.75, 3.05) is 31.4 Å². The number of thioether (sulfide) groups is 1. The smallest absolute Gasteiger partial charge is 0.341 e. The van der Waals surface area contributed by atoms with E-state index in [1.165, 1.54) is 11.8 Å². The third kappa shape index (κ3) is 6.62. The highest BCUT2D eigenvalue weighted by molar-refractivity contribution is 8.22. The molecule has 222 valence electrons. The van der Waals surface area contributed by atoms with Crippen LogP contribution in [0.5, 0.6) is 11.5 Å². The predicted octanol–water partition coefficient (Wildman–Crippen LogP) is 7.90. The fourth-order valence-corrected chi connectivity index (χ4v) is 8.04. The predicted molar refractivity (Wildman–Crippen MR) is 167 cm³/mol. The summed E-state index contributed by atoms with van der Waals surface area (Å²) in [5.41, 5.74) is 1.95. The Balaban J connectivity index is 1.97. The Morgan fingerprint density at radius 1 is 1.07 bits per heavy atom. The van der Waals surface area contributed by atoms with E-state index in [1.807, 2.05) is 71.2 Å². The molecule has 3 N–H and O–H groups in total. The Morgan fingerprint density at radius 2 is 1.78 bits per heavy atom. The maximum Gasteiger partial charge on any atom is 0.341 e. The van der Waals surface area contributed by atoms with Gasteiger partial charge in [-0.3, -0.25) is 9.11 Å². The van der Waals surface area contributed by atoms with Crippen LogP contribution in [0.3, 0.4) is 0 Å². The summed E-state index contributed by atoms with van der Waals surface area (Å²) in [6.07, 6.45) is 5.24. The van der Waals surface area contributed by atoms with Crippen LogP contribution in [-0.4, -0.2) is 56.5 Å². The molecule has 0 spiro atoms. The number of carboxylic acid groups (broad SMARTS) is 1. The monoisotopic (exact) mass is 600 g/mol. The molecule has 3 aromatic rings. The first-order chi connectivity index (χ1) is 19.7. The van der Waals surface area contributed by atoms with E-state index in [4.69, 9.17) is 9.47 Å². The van der Waals surface area contributed by atoms with Gasteiger partial charge >= 0.3 is 5.97 Å². The Hall–Kier alpha value is -2.89. The van der Waals surface area contributed by atoms with E-state index in [9.17, 15) is 19.0 Å². The van der Waals surface area contributed by atoms with Gasteiger partial charge in [0.2, 0.25) is 0 Å². The van der Waals surface area contributed by atoms with Crippen molar-refractivity contribution in [2.24, 2.45) is 0 Å². The molecule has 0 unspecified atom stereocenters. The molecule has 1 heterocycles. The minimum absolute atomic E-state index is 0.307. The van der Waals surface area contributed by atoms with Crippen LogP contribution in [0.15, 0.2) is 76.5 Å². The van der Waals surface area contributed by atoms with Crippen molar-refractivity contribution in [3.8, 4) is 11.5 Å². The number of rotatable bonds is 12. The van der Waals surface area contributed by atoms with Crippen molar-refractivity contribution in [1.29, 1.82) is 0 Å². The summed E-state index contributed by atoms with van der Waals surface area (Å²) in [4.78, 5) is 14.6. The number of hydrogen-bond acceptors (Lipinski definition) is 8. The third-order valence-electron chi connectivity index (χ3n) is 7.68. The van der Waals surface area contributed by atoms with Crippen molar-refractivity contribution in [1.82, 2.24) is 4.31 Å². The van der Waals surface area contributed by atoms with Gasteiger partial charge in [0.05, 0.1) is 23.2 Å². The van der Waals surface area contributed by atoms with Crippen molar-refractivity contribution in [3.05, 3.63) is 72.3 Å². The summed E-state index contributed by atoms with van der Waals surface area (Å²) in [5.74, 6) is -0.0572. The number of methoxy groups -OCH3 is 1. The molecule has 3 aromatic carbocycles. The van der Waals surface area contributed by atoms with E-state index in [0.29, 0.717) is 35.8 Å². The minimum atomic E-state index is -3.59. The van der Waals surface area contributed by atoms with E-state index in [0.717, 1.165) is 41.2 Å². The van der Waals surface area contributed by atoms with Crippen LogP contribution >= 0.6 is 22.5 Å². The van der Waals surface area contributed by atoms with Gasteiger partial charge in [0.25, 0.3) is 0 Å². The van der Waals surface area contributed by atoms with E-state index in [-0.39, 0.29) is 0 Å². The highest BCUT2D eigenvalue weighted by atomic mass is 32.3. The number of ether oxygens (including phenoxy) is 2. The second-order valence-electron chi connectivity index (χ2n) is 10.2. The number of benzene rings is 3. The molecule has 41 heavy (non-hydrogen) atoms. The zero-order valence-corrected chi connectivity index (χ0v) is 25.7. The maximum atomic E-state index is 12.4. The Labute approximate surface area is 248 Å². The minimum Gasteiger partial charge on any atom is -0.497 e. The molecule has 1 aliphatic heterocycles. The average Bonchev–Trinajstić information content (AvgIpc) is 3.06. The van der Waals surface area contributed by atoms with Crippen LogP contribution in [0.2, 0.25) is 0 Å². The molecule has 0 bridgehead atoms. The van der Waals surface area contributed by atoms with E-state index >= 15 is 0 Å². The maximum absolute atomic E-state index is 12.4. The van der Waals surface area contributed by atoms with Gasteiger partial charge in [-0.15, -0.1) is 22.5 Å². The molecule has 10 heteroatoms. The van der Waals surface area contributed by atoms with Gasteiger partial charge in [-0.2, -0.15) is 4.31 Å². The number of fused-ring (bicyclic) bond motifs is 1. The lowest BCUT2D eigenvalue weighted by molar-refractivity contribution is -0.139. The zero-order valence-electron chi connectivity index (χ0n) is 24.1. The lowest BCUT2D eigenvalue weighted by Crippen LogP contribution is -2.53. The number of nitrogens with zero attached hydrogens (tertiary/aromatic N) is 2. The molecule has 1 atom stereocenters. The summed E-state index contributed by atoms with van der Waals surface area (Å²) >= 11 is 1.43. The van der Waals surface area contributed by atoms with Crippen LogP contribution in [0.1, 0.15) is 45.1 Å². The van der Waals surface area contributed by atoms with Gasteiger partial charge in [0.1, 0.15) is 16.4 Å². The summed E-state index contributed by atoms with van der Waals surface area (Å²) in [6, 6.07) is 21.2. The molecule has 0 aromatic heterocycles. The van der Waals surface area contributed by atoms with Crippen molar-refractivity contribution in [3.63, 3.8) is 0 Å². The quantitative estimate of drug-likeness (QED) is 0.179. The summed E-state index contributed by atoms with van der Waals surface area (Å²) in [7, 11) is -1.97. The van der Waals surface area contributed by atoms with Crippen molar-refractivity contribution < 1.29 is 28.5 Å². The molecule has 0 amide bonds. The van der Waals surface area contributed by atoms with Gasteiger partial charge in [-0.25, -0.2) is 4.79 Å². The molecule has 0 radical (unpaired) electrons. The first-order valence-corrected chi connectivity index (χ1v) is 16.5. The fraction of sp³-hybridized carbons (Fsp3) is 0.387. The number of anilines is 2. The highest BCUT2D eigenvalue weighted by Gasteiger charge is 2.48. The van der Waals surface area contributed by atoms with Gasteiger partial charge in [-0.05, 0) is 55.0 Å². The Bertz CT molecular complexity index is 1320. The molecule has 0 aliphatic carbocycles. The van der Waals surface area contributed by atoms with Crippen LogP contribution in [0, 0.1) is 0 Å². The van der Waals surface area contributed by atoms with Crippen molar-refractivity contribution >= 4 is 39.9 Å². The molecular formula is C31H40N2O6S2. The summed E-state index contributed by atoms with van der Waals surface area (Å²) in [6.45, 7) is 4.57. The number of hydrogen-bond donors (Lipinski definition) is 3. The molecule has 0 saturated heterocycles.